The molecule has 1 fully saturated rings. The molecule has 1 atom stereocenters. The van der Waals surface area contributed by atoms with E-state index in [0.29, 0.717) is 24.0 Å². The van der Waals surface area contributed by atoms with Crippen LogP contribution in [0.5, 0.6) is 0 Å². The molecule has 106 valence electrons. The summed E-state index contributed by atoms with van der Waals surface area (Å²) in [6, 6.07) is 0.444. The molecule has 1 saturated heterocycles. The van der Waals surface area contributed by atoms with Crippen molar-refractivity contribution in [1.82, 2.24) is 20.4 Å². The van der Waals surface area contributed by atoms with Gasteiger partial charge in [-0.3, -0.25) is 14.8 Å². The van der Waals surface area contributed by atoms with Gasteiger partial charge in [0.25, 0.3) is 5.91 Å². The Morgan fingerprint density at radius 3 is 3.00 bits per heavy atom. The second-order valence-electron chi connectivity index (χ2n) is 4.95. The maximum absolute atomic E-state index is 12.1. The van der Waals surface area contributed by atoms with E-state index in [1.807, 2.05) is 6.92 Å². The van der Waals surface area contributed by atoms with Gasteiger partial charge in [-0.25, -0.2) is 0 Å². The molecule has 2 rings (SSSR count). The van der Waals surface area contributed by atoms with Crippen LogP contribution in [-0.4, -0.2) is 46.7 Å². The lowest BCUT2D eigenvalue weighted by Gasteiger charge is -2.22. The lowest BCUT2D eigenvalue weighted by molar-refractivity contribution is 0.0937. The molecule has 6 nitrogen and oxygen atoms in total. The number of carbonyl (C=O) groups excluding carboxylic acids is 1. The fourth-order valence-electron chi connectivity index (χ4n) is 2.67. The third-order valence-electron chi connectivity index (χ3n) is 3.86. The maximum Gasteiger partial charge on any atom is 0.273 e. The van der Waals surface area contributed by atoms with Gasteiger partial charge in [0.05, 0.1) is 11.4 Å². The molecule has 2 heterocycles. The van der Waals surface area contributed by atoms with Crippen molar-refractivity contribution < 1.29 is 4.79 Å². The second kappa shape index (κ2) is 6.06. The van der Waals surface area contributed by atoms with Crippen molar-refractivity contribution in [2.24, 2.45) is 0 Å². The minimum absolute atomic E-state index is 0.184. The van der Waals surface area contributed by atoms with E-state index in [1.54, 1.807) is 0 Å². The number of carbonyl (C=O) groups is 1. The van der Waals surface area contributed by atoms with Gasteiger partial charge in [0, 0.05) is 12.6 Å². The molecule has 1 amide bonds. The van der Waals surface area contributed by atoms with Gasteiger partial charge in [-0.05, 0) is 32.4 Å². The molecule has 1 aromatic heterocycles. The molecule has 6 heteroatoms. The molecule has 1 aliphatic heterocycles. The van der Waals surface area contributed by atoms with Gasteiger partial charge in [-0.2, -0.15) is 5.10 Å². The Kier molecular flexibility index (Phi) is 4.42. The molecule has 1 unspecified atom stereocenters. The largest absolute Gasteiger partial charge is 0.395 e. The average molecular weight is 265 g/mol. The summed E-state index contributed by atoms with van der Waals surface area (Å²) in [5.74, 6) is -0.184. The maximum atomic E-state index is 12.1. The van der Waals surface area contributed by atoms with Gasteiger partial charge >= 0.3 is 0 Å². The van der Waals surface area contributed by atoms with Crippen molar-refractivity contribution in [2.75, 3.05) is 25.4 Å². The summed E-state index contributed by atoms with van der Waals surface area (Å²) >= 11 is 0. The van der Waals surface area contributed by atoms with Crippen molar-refractivity contribution in [3.05, 3.63) is 11.4 Å². The number of anilines is 1. The number of nitrogens with zero attached hydrogens (tertiary/aromatic N) is 2. The highest BCUT2D eigenvalue weighted by Crippen LogP contribution is 2.17. The van der Waals surface area contributed by atoms with Crippen molar-refractivity contribution in [3.63, 3.8) is 0 Å². The Labute approximate surface area is 113 Å². The second-order valence-corrected chi connectivity index (χ2v) is 4.95. The summed E-state index contributed by atoms with van der Waals surface area (Å²) in [4.78, 5) is 14.4. The van der Waals surface area contributed by atoms with Crippen molar-refractivity contribution >= 4 is 11.6 Å². The number of hydrogen-bond donors (Lipinski definition) is 3. The molecular weight excluding hydrogens is 242 g/mol. The minimum atomic E-state index is -0.184. The quantitative estimate of drug-likeness (QED) is 0.734. The Hall–Kier alpha value is -1.56. The first kappa shape index (κ1) is 13.9. The molecule has 0 aromatic carbocycles. The summed E-state index contributed by atoms with van der Waals surface area (Å²) in [5.41, 5.74) is 7.50. The van der Waals surface area contributed by atoms with Crippen LogP contribution in [0.1, 0.15) is 42.9 Å². The molecule has 1 aromatic rings. The van der Waals surface area contributed by atoms with Gasteiger partial charge in [0.1, 0.15) is 0 Å². The Balaban J connectivity index is 1.92. The summed E-state index contributed by atoms with van der Waals surface area (Å²) in [6.07, 6.45) is 3.10. The topological polar surface area (TPSA) is 87.0 Å². The van der Waals surface area contributed by atoms with E-state index in [2.05, 4.69) is 27.3 Å². The van der Waals surface area contributed by atoms with Gasteiger partial charge in [-0.1, -0.05) is 13.8 Å². The number of likely N-dealkylation sites (tertiary alicyclic amines) is 1. The Morgan fingerprint density at radius 1 is 1.58 bits per heavy atom. The van der Waals surface area contributed by atoms with Gasteiger partial charge in [0.2, 0.25) is 0 Å². The van der Waals surface area contributed by atoms with Crippen LogP contribution in [0.4, 0.5) is 5.69 Å². The molecule has 0 spiro atoms. The van der Waals surface area contributed by atoms with Gasteiger partial charge in [0.15, 0.2) is 5.69 Å². The minimum Gasteiger partial charge on any atom is -0.395 e. The molecule has 4 N–H and O–H groups in total. The first-order chi connectivity index (χ1) is 9.17. The molecule has 0 aliphatic carbocycles. The number of H-pyrrole nitrogens is 1. The zero-order valence-electron chi connectivity index (χ0n) is 11.7. The van der Waals surface area contributed by atoms with Crippen LogP contribution in [0.15, 0.2) is 0 Å². The van der Waals surface area contributed by atoms with Gasteiger partial charge in [-0.15, -0.1) is 0 Å². The fourth-order valence-corrected chi connectivity index (χ4v) is 2.67. The molecule has 0 radical (unpaired) electrons. The van der Waals surface area contributed by atoms with Crippen LogP contribution in [-0.2, 0) is 6.42 Å². The first-order valence-electron chi connectivity index (χ1n) is 7.02. The lowest BCUT2D eigenvalue weighted by atomic mass is 10.2. The predicted molar refractivity (Wildman–Crippen MR) is 75.0 cm³/mol. The number of hydrogen-bond acceptors (Lipinski definition) is 4. The monoisotopic (exact) mass is 265 g/mol. The Bertz CT molecular complexity index is 442. The average Bonchev–Trinajstić information content (AvgIpc) is 3.01. The van der Waals surface area contributed by atoms with Crippen LogP contribution in [0, 0.1) is 0 Å². The highest BCUT2D eigenvalue weighted by molar-refractivity contribution is 5.97. The highest BCUT2D eigenvalue weighted by Gasteiger charge is 2.24. The van der Waals surface area contributed by atoms with Crippen LogP contribution in [0.3, 0.4) is 0 Å². The van der Waals surface area contributed by atoms with E-state index in [1.165, 1.54) is 6.42 Å². The standard InChI is InChI=1S/C13H23N5O/c1-3-10-11(14)12(17-16-10)13(19)15-8-9-6-5-7-18(9)4-2/h9H,3-8,14H2,1-2H3,(H,15,19)(H,16,17). The van der Waals surface area contributed by atoms with Crippen LogP contribution >= 0.6 is 0 Å². The van der Waals surface area contributed by atoms with E-state index in [9.17, 15) is 4.79 Å². The number of amides is 1. The third kappa shape index (κ3) is 2.89. The van der Waals surface area contributed by atoms with Crippen LogP contribution in [0.2, 0.25) is 0 Å². The van der Waals surface area contributed by atoms with E-state index < -0.39 is 0 Å². The third-order valence-corrected chi connectivity index (χ3v) is 3.86. The smallest absolute Gasteiger partial charge is 0.273 e. The summed E-state index contributed by atoms with van der Waals surface area (Å²) in [6.45, 7) is 6.95. The number of aromatic amines is 1. The number of aryl methyl sites for hydroxylation is 1. The van der Waals surface area contributed by atoms with Crippen molar-refractivity contribution in [2.45, 2.75) is 39.2 Å². The zero-order valence-corrected chi connectivity index (χ0v) is 11.7. The number of nitrogens with two attached hydrogens (primary N) is 1. The number of aromatic nitrogens is 2. The highest BCUT2D eigenvalue weighted by atomic mass is 16.2. The van der Waals surface area contributed by atoms with E-state index in [0.717, 1.165) is 31.6 Å². The SMILES string of the molecule is CCc1[nH]nc(C(=O)NCC2CCCN2CC)c1N. The summed E-state index contributed by atoms with van der Waals surface area (Å²) < 4.78 is 0. The predicted octanol–water partition coefficient (Wildman–Crippen LogP) is 0.768. The van der Waals surface area contributed by atoms with E-state index in [4.69, 9.17) is 5.73 Å². The molecule has 19 heavy (non-hydrogen) atoms. The zero-order chi connectivity index (χ0) is 13.8. The van der Waals surface area contributed by atoms with Crippen molar-refractivity contribution in [3.8, 4) is 0 Å². The molecule has 0 saturated carbocycles. The molecule has 0 bridgehead atoms. The number of likely N-dealkylation sites (N-methyl/N-ethyl adjacent to an activating group) is 1. The van der Waals surface area contributed by atoms with Gasteiger partial charge < -0.3 is 11.1 Å². The molecule has 1 aliphatic rings. The fraction of sp³-hybridized carbons (Fsp3) is 0.692. The number of nitrogen functional groups attached to an aromatic ring is 1. The first-order valence-corrected chi connectivity index (χ1v) is 7.02. The summed E-state index contributed by atoms with van der Waals surface area (Å²) in [7, 11) is 0. The lowest BCUT2D eigenvalue weighted by Crippen LogP contribution is -2.40. The van der Waals surface area contributed by atoms with Crippen LogP contribution < -0.4 is 11.1 Å². The van der Waals surface area contributed by atoms with E-state index >= 15 is 0 Å². The normalized spacial score (nSPS) is 19.8. The van der Waals surface area contributed by atoms with Crippen molar-refractivity contribution in [1.29, 1.82) is 0 Å². The molecular formula is C13H23N5O. The summed E-state index contributed by atoms with van der Waals surface area (Å²) in [5, 5.41) is 9.74. The number of nitrogens with one attached hydrogen (secondary N) is 2. The van der Waals surface area contributed by atoms with E-state index in [-0.39, 0.29) is 5.91 Å². The number of rotatable bonds is 5. The Morgan fingerprint density at radius 2 is 2.37 bits per heavy atom. The van der Waals surface area contributed by atoms with Crippen LogP contribution in [0.25, 0.3) is 0 Å².